The van der Waals surface area contributed by atoms with Crippen LogP contribution in [0.15, 0.2) is 24.3 Å². The highest BCUT2D eigenvalue weighted by Crippen LogP contribution is 2.38. The molecule has 0 aliphatic carbocycles. The van der Waals surface area contributed by atoms with Crippen molar-refractivity contribution in [3.8, 4) is 11.3 Å². The van der Waals surface area contributed by atoms with Gasteiger partial charge in [0.05, 0.1) is 22.4 Å². The van der Waals surface area contributed by atoms with Gasteiger partial charge in [-0.25, -0.2) is 4.39 Å². The maximum atomic E-state index is 14.1. The van der Waals surface area contributed by atoms with Gasteiger partial charge in [-0.15, -0.1) is 0 Å². The number of carbonyl (C=O) groups is 1. The van der Waals surface area contributed by atoms with E-state index >= 15 is 0 Å². The highest BCUT2D eigenvalue weighted by molar-refractivity contribution is 5.93. The molecule has 1 aromatic carbocycles. The Balaban J connectivity index is 1.76. The number of carbonyl (C=O) groups excluding carboxylic acids is 1. The van der Waals surface area contributed by atoms with Crippen LogP contribution in [0, 0.1) is 11.7 Å². The lowest BCUT2D eigenvalue weighted by Crippen LogP contribution is -2.40. The summed E-state index contributed by atoms with van der Waals surface area (Å²) >= 11 is 0. The number of aromatic amines is 1. The number of rotatable bonds is 4. The smallest absolute Gasteiger partial charge is 0.390 e. The Morgan fingerprint density at radius 2 is 1.93 bits per heavy atom. The van der Waals surface area contributed by atoms with Crippen molar-refractivity contribution < 1.29 is 27.5 Å². The summed E-state index contributed by atoms with van der Waals surface area (Å²) in [5.74, 6) is -1.16. The molecule has 0 radical (unpaired) electrons. The Hall–Kier alpha value is -2.42. The number of H-pyrrole nitrogens is 1. The Morgan fingerprint density at radius 1 is 1.28 bits per heavy atom. The van der Waals surface area contributed by atoms with Gasteiger partial charge in [0.15, 0.2) is 0 Å². The van der Waals surface area contributed by atoms with Crippen LogP contribution in [0.3, 0.4) is 0 Å². The largest absolute Gasteiger partial charge is 0.417 e. The molecular weight excluding hydrogens is 390 g/mol. The fourth-order valence-corrected chi connectivity index (χ4v) is 3.80. The summed E-state index contributed by atoms with van der Waals surface area (Å²) in [6.45, 7) is 4.44. The van der Waals surface area contributed by atoms with Gasteiger partial charge in [-0.2, -0.15) is 18.3 Å². The van der Waals surface area contributed by atoms with Crippen LogP contribution in [-0.4, -0.2) is 44.8 Å². The van der Waals surface area contributed by atoms with Crippen LogP contribution in [-0.2, 0) is 6.18 Å². The lowest BCUT2D eigenvalue weighted by molar-refractivity contribution is -0.137. The molecule has 1 amide bonds. The fraction of sp³-hybridized carbons (Fsp3) is 0.500. The zero-order valence-corrected chi connectivity index (χ0v) is 16.2. The van der Waals surface area contributed by atoms with Gasteiger partial charge in [-0.3, -0.25) is 9.89 Å². The molecule has 5 nitrogen and oxygen atoms in total. The summed E-state index contributed by atoms with van der Waals surface area (Å²) in [5.41, 5.74) is -2.85. The van der Waals surface area contributed by atoms with Crippen molar-refractivity contribution >= 4 is 5.91 Å². The first-order valence-electron chi connectivity index (χ1n) is 9.39. The van der Waals surface area contributed by atoms with E-state index in [1.165, 1.54) is 0 Å². The SMILES string of the molecule is CC(C)(O)CC1CCN(C(=O)c2cc(-c3c(F)cccc3C(F)(F)F)n[nH]2)CC1. The van der Waals surface area contributed by atoms with Crippen LogP contribution >= 0.6 is 0 Å². The molecule has 0 bridgehead atoms. The Bertz CT molecular complexity index is 879. The number of amides is 1. The molecule has 1 aliphatic rings. The lowest BCUT2D eigenvalue weighted by Gasteiger charge is -2.34. The first-order chi connectivity index (χ1) is 13.5. The Kier molecular flexibility index (Phi) is 5.71. The number of benzene rings is 1. The van der Waals surface area contributed by atoms with Gasteiger partial charge in [0.25, 0.3) is 5.91 Å². The zero-order chi connectivity index (χ0) is 21.4. The monoisotopic (exact) mass is 413 g/mol. The summed E-state index contributed by atoms with van der Waals surface area (Å²) in [6.07, 6.45) is -2.66. The Labute approximate surface area is 165 Å². The van der Waals surface area contributed by atoms with E-state index < -0.39 is 34.6 Å². The standard InChI is InChI=1S/C20H23F4N3O2/c1-19(2,29)11-12-6-8-27(9-7-12)18(28)16-10-15(25-26-16)17-13(20(22,23)24)4-3-5-14(17)21/h3-5,10,12,29H,6-9,11H2,1-2H3,(H,25,26). The van der Waals surface area contributed by atoms with Gasteiger partial charge in [-0.05, 0) is 57.2 Å². The molecule has 0 spiro atoms. The molecule has 9 heteroatoms. The average Bonchev–Trinajstić information content (AvgIpc) is 3.09. The molecule has 2 heterocycles. The predicted octanol–water partition coefficient (Wildman–Crippen LogP) is 4.25. The van der Waals surface area contributed by atoms with Crippen molar-refractivity contribution in [3.63, 3.8) is 0 Å². The molecule has 3 rings (SSSR count). The van der Waals surface area contributed by atoms with Crippen LogP contribution in [0.2, 0.25) is 0 Å². The quantitative estimate of drug-likeness (QED) is 0.737. The molecule has 0 saturated carbocycles. The molecule has 1 fully saturated rings. The topological polar surface area (TPSA) is 69.2 Å². The van der Waals surface area contributed by atoms with E-state index in [4.69, 9.17) is 0 Å². The molecule has 1 saturated heterocycles. The fourth-order valence-electron chi connectivity index (χ4n) is 3.80. The average molecular weight is 413 g/mol. The van der Waals surface area contributed by atoms with Crippen LogP contribution in [0.1, 0.15) is 49.2 Å². The maximum absolute atomic E-state index is 14.1. The molecule has 158 valence electrons. The van der Waals surface area contributed by atoms with Gasteiger partial charge >= 0.3 is 6.18 Å². The highest BCUT2D eigenvalue weighted by atomic mass is 19.4. The predicted molar refractivity (Wildman–Crippen MR) is 98.5 cm³/mol. The van der Waals surface area contributed by atoms with E-state index in [-0.39, 0.29) is 11.4 Å². The van der Waals surface area contributed by atoms with E-state index in [9.17, 15) is 27.5 Å². The highest BCUT2D eigenvalue weighted by Gasteiger charge is 2.36. The number of hydrogen-bond donors (Lipinski definition) is 2. The minimum atomic E-state index is -4.75. The summed E-state index contributed by atoms with van der Waals surface area (Å²) in [6, 6.07) is 3.84. The first kappa shape index (κ1) is 21.3. The lowest BCUT2D eigenvalue weighted by atomic mass is 9.86. The van der Waals surface area contributed by atoms with Gasteiger partial charge in [-0.1, -0.05) is 6.07 Å². The third-order valence-electron chi connectivity index (χ3n) is 5.07. The van der Waals surface area contributed by atoms with E-state index in [2.05, 4.69) is 10.2 Å². The number of halogens is 4. The minimum Gasteiger partial charge on any atom is -0.390 e. The van der Waals surface area contributed by atoms with Gasteiger partial charge < -0.3 is 10.0 Å². The molecule has 2 aromatic rings. The molecule has 0 unspecified atom stereocenters. The zero-order valence-electron chi connectivity index (χ0n) is 16.2. The van der Waals surface area contributed by atoms with Crippen molar-refractivity contribution in [3.05, 3.63) is 41.3 Å². The number of aliphatic hydroxyl groups is 1. The number of nitrogens with zero attached hydrogens (tertiary/aromatic N) is 2. The van der Waals surface area contributed by atoms with Crippen molar-refractivity contribution in [2.45, 2.75) is 44.9 Å². The second-order valence-electron chi connectivity index (χ2n) is 8.08. The van der Waals surface area contributed by atoms with E-state index in [0.29, 0.717) is 25.4 Å². The van der Waals surface area contributed by atoms with Crippen molar-refractivity contribution in [2.75, 3.05) is 13.1 Å². The number of piperidine rings is 1. The maximum Gasteiger partial charge on any atom is 0.417 e. The van der Waals surface area contributed by atoms with Gasteiger partial charge in [0.1, 0.15) is 11.5 Å². The normalized spacial score (nSPS) is 16.3. The molecule has 1 aromatic heterocycles. The van der Waals surface area contributed by atoms with Crippen LogP contribution in [0.5, 0.6) is 0 Å². The van der Waals surface area contributed by atoms with Crippen molar-refractivity contribution in [2.24, 2.45) is 5.92 Å². The van der Waals surface area contributed by atoms with Crippen LogP contribution in [0.4, 0.5) is 17.6 Å². The number of alkyl halides is 3. The third-order valence-corrected chi connectivity index (χ3v) is 5.07. The number of hydrogen-bond acceptors (Lipinski definition) is 3. The van der Waals surface area contributed by atoms with E-state index in [1.807, 2.05) is 0 Å². The molecule has 0 atom stereocenters. The van der Waals surface area contributed by atoms with Crippen molar-refractivity contribution in [1.82, 2.24) is 15.1 Å². The number of likely N-dealkylation sites (tertiary alicyclic amines) is 1. The van der Waals surface area contributed by atoms with Crippen LogP contribution < -0.4 is 0 Å². The third kappa shape index (κ3) is 4.95. The van der Waals surface area contributed by atoms with E-state index in [0.717, 1.165) is 37.1 Å². The first-order valence-corrected chi connectivity index (χ1v) is 9.39. The second-order valence-corrected chi connectivity index (χ2v) is 8.08. The minimum absolute atomic E-state index is 0.0114. The summed E-state index contributed by atoms with van der Waals surface area (Å²) in [4.78, 5) is 14.3. The number of aromatic nitrogens is 2. The number of nitrogens with one attached hydrogen (secondary N) is 1. The molecule has 2 N–H and O–H groups in total. The van der Waals surface area contributed by atoms with Crippen molar-refractivity contribution in [1.29, 1.82) is 0 Å². The molecule has 1 aliphatic heterocycles. The summed E-state index contributed by atoms with van der Waals surface area (Å²) in [5, 5.41) is 16.1. The Morgan fingerprint density at radius 3 is 2.52 bits per heavy atom. The molecular formula is C20H23F4N3O2. The van der Waals surface area contributed by atoms with Gasteiger partial charge in [0, 0.05) is 13.1 Å². The summed E-state index contributed by atoms with van der Waals surface area (Å²) in [7, 11) is 0. The second kappa shape index (κ2) is 7.78. The van der Waals surface area contributed by atoms with E-state index in [1.54, 1.807) is 18.7 Å². The van der Waals surface area contributed by atoms with Gasteiger partial charge in [0.2, 0.25) is 0 Å². The summed E-state index contributed by atoms with van der Waals surface area (Å²) < 4.78 is 53.8. The molecule has 29 heavy (non-hydrogen) atoms. The van der Waals surface area contributed by atoms with Crippen LogP contribution in [0.25, 0.3) is 11.3 Å².